The Bertz CT molecular complexity index is 759. The Balaban J connectivity index is 1.38. The molecule has 1 fully saturated rings. The lowest BCUT2D eigenvalue weighted by Gasteiger charge is -2.36. The summed E-state index contributed by atoms with van der Waals surface area (Å²) in [6, 6.07) is 16.2. The second-order valence-corrected chi connectivity index (χ2v) is 6.82. The number of hydrogen-bond acceptors (Lipinski definition) is 5. The number of rotatable bonds is 8. The molecule has 150 valence electrons. The van der Waals surface area contributed by atoms with E-state index in [1.54, 1.807) is 14.2 Å². The van der Waals surface area contributed by atoms with Crippen molar-refractivity contribution in [3.63, 3.8) is 0 Å². The molecule has 6 heteroatoms. The third-order valence-electron chi connectivity index (χ3n) is 5.05. The molecule has 1 aliphatic rings. The van der Waals surface area contributed by atoms with E-state index in [1.165, 1.54) is 5.69 Å². The van der Waals surface area contributed by atoms with Crippen molar-refractivity contribution in [1.29, 1.82) is 0 Å². The minimum atomic E-state index is 0.215. The van der Waals surface area contributed by atoms with Gasteiger partial charge in [0.1, 0.15) is 0 Å². The Kier molecular flexibility index (Phi) is 7.14. The lowest BCUT2D eigenvalue weighted by molar-refractivity contribution is -0.131. The van der Waals surface area contributed by atoms with Gasteiger partial charge in [-0.15, -0.1) is 0 Å². The molecule has 0 aliphatic carbocycles. The van der Waals surface area contributed by atoms with Crippen LogP contribution in [0.5, 0.6) is 11.5 Å². The maximum Gasteiger partial charge on any atom is 0.223 e. The van der Waals surface area contributed by atoms with Crippen LogP contribution in [-0.2, 0) is 11.3 Å². The molecule has 1 N–H and O–H groups in total. The van der Waals surface area contributed by atoms with E-state index in [0.29, 0.717) is 25.3 Å². The summed E-state index contributed by atoms with van der Waals surface area (Å²) in [6.45, 7) is 4.68. The SMILES string of the molecule is COc1ccc(CNCCC(=O)N2CCN(c3ccccc3)CC2)cc1OC. The second kappa shape index (κ2) is 9.99. The van der Waals surface area contributed by atoms with Gasteiger partial charge in [0.2, 0.25) is 5.91 Å². The fraction of sp³-hybridized carbons (Fsp3) is 0.409. The molecule has 28 heavy (non-hydrogen) atoms. The summed E-state index contributed by atoms with van der Waals surface area (Å²) < 4.78 is 10.6. The molecule has 2 aromatic rings. The number of nitrogens with zero attached hydrogens (tertiary/aromatic N) is 2. The molecule has 0 bridgehead atoms. The molecule has 0 spiro atoms. The van der Waals surface area contributed by atoms with E-state index in [2.05, 4.69) is 34.5 Å². The highest BCUT2D eigenvalue weighted by Crippen LogP contribution is 2.27. The number of nitrogens with one attached hydrogen (secondary N) is 1. The van der Waals surface area contributed by atoms with Gasteiger partial charge in [0, 0.05) is 51.4 Å². The zero-order chi connectivity index (χ0) is 19.8. The second-order valence-electron chi connectivity index (χ2n) is 6.82. The molecule has 0 saturated carbocycles. The van der Waals surface area contributed by atoms with Crippen molar-refractivity contribution in [1.82, 2.24) is 10.2 Å². The highest BCUT2D eigenvalue weighted by Gasteiger charge is 2.20. The summed E-state index contributed by atoms with van der Waals surface area (Å²) in [6.07, 6.45) is 0.513. The van der Waals surface area contributed by atoms with Crippen LogP contribution in [0.2, 0.25) is 0 Å². The summed E-state index contributed by atoms with van der Waals surface area (Å²) in [5, 5.41) is 3.34. The van der Waals surface area contributed by atoms with Gasteiger partial charge in [0.25, 0.3) is 0 Å². The molecule has 6 nitrogen and oxygen atoms in total. The summed E-state index contributed by atoms with van der Waals surface area (Å²) in [5.74, 6) is 1.65. The molecule has 1 heterocycles. The van der Waals surface area contributed by atoms with Crippen LogP contribution < -0.4 is 19.7 Å². The molecule has 0 atom stereocenters. The number of amides is 1. The highest BCUT2D eigenvalue weighted by atomic mass is 16.5. The predicted molar refractivity (Wildman–Crippen MR) is 111 cm³/mol. The highest BCUT2D eigenvalue weighted by molar-refractivity contribution is 5.76. The Morgan fingerprint density at radius 1 is 0.964 bits per heavy atom. The van der Waals surface area contributed by atoms with Gasteiger partial charge < -0.3 is 24.6 Å². The number of hydrogen-bond donors (Lipinski definition) is 1. The van der Waals surface area contributed by atoms with E-state index in [9.17, 15) is 4.79 Å². The zero-order valence-corrected chi connectivity index (χ0v) is 16.7. The van der Waals surface area contributed by atoms with Gasteiger partial charge in [0.05, 0.1) is 14.2 Å². The fourth-order valence-electron chi connectivity index (χ4n) is 3.43. The molecule has 0 unspecified atom stereocenters. The molecule has 1 amide bonds. The van der Waals surface area contributed by atoms with Gasteiger partial charge >= 0.3 is 0 Å². The minimum absolute atomic E-state index is 0.215. The maximum atomic E-state index is 12.5. The molecular formula is C22H29N3O3. The normalized spacial score (nSPS) is 14.1. The van der Waals surface area contributed by atoms with E-state index in [1.807, 2.05) is 29.2 Å². The summed E-state index contributed by atoms with van der Waals surface area (Å²) in [5.41, 5.74) is 2.33. The van der Waals surface area contributed by atoms with Crippen LogP contribution in [0.4, 0.5) is 5.69 Å². The van der Waals surface area contributed by atoms with E-state index < -0.39 is 0 Å². The Labute approximate surface area is 167 Å². The van der Waals surface area contributed by atoms with Gasteiger partial charge in [-0.3, -0.25) is 4.79 Å². The van der Waals surface area contributed by atoms with Gasteiger partial charge in [-0.25, -0.2) is 0 Å². The van der Waals surface area contributed by atoms with Crippen molar-refractivity contribution in [3.05, 3.63) is 54.1 Å². The number of carbonyl (C=O) groups excluding carboxylic acids is 1. The average molecular weight is 383 g/mol. The van der Waals surface area contributed by atoms with Crippen LogP contribution in [-0.4, -0.2) is 57.8 Å². The van der Waals surface area contributed by atoms with Gasteiger partial charge in [0.15, 0.2) is 11.5 Å². The molecular weight excluding hydrogens is 354 g/mol. The Hall–Kier alpha value is -2.73. The van der Waals surface area contributed by atoms with Gasteiger partial charge in [-0.05, 0) is 29.8 Å². The largest absolute Gasteiger partial charge is 0.493 e. The first-order chi connectivity index (χ1) is 13.7. The average Bonchev–Trinajstić information content (AvgIpc) is 2.77. The van der Waals surface area contributed by atoms with Crippen molar-refractivity contribution in [3.8, 4) is 11.5 Å². The van der Waals surface area contributed by atoms with Crippen LogP contribution in [0.3, 0.4) is 0 Å². The first kappa shape index (κ1) is 20.0. The Morgan fingerprint density at radius 2 is 1.68 bits per heavy atom. The standard InChI is InChI=1S/C22H29N3O3/c1-27-20-9-8-18(16-21(20)28-2)17-23-11-10-22(26)25-14-12-24(13-15-25)19-6-4-3-5-7-19/h3-9,16,23H,10-15,17H2,1-2H3. The monoisotopic (exact) mass is 383 g/mol. The van der Waals surface area contributed by atoms with Gasteiger partial charge in [-0.1, -0.05) is 24.3 Å². The van der Waals surface area contributed by atoms with E-state index in [-0.39, 0.29) is 5.91 Å². The first-order valence-corrected chi connectivity index (χ1v) is 9.70. The summed E-state index contributed by atoms with van der Waals surface area (Å²) >= 11 is 0. The molecule has 0 radical (unpaired) electrons. The third-order valence-corrected chi connectivity index (χ3v) is 5.05. The van der Waals surface area contributed by atoms with Crippen molar-refractivity contribution >= 4 is 11.6 Å². The van der Waals surface area contributed by atoms with Crippen molar-refractivity contribution in [2.75, 3.05) is 51.8 Å². The van der Waals surface area contributed by atoms with E-state index >= 15 is 0 Å². The number of ether oxygens (including phenoxy) is 2. The lowest BCUT2D eigenvalue weighted by atomic mass is 10.2. The van der Waals surface area contributed by atoms with Crippen LogP contribution in [0.1, 0.15) is 12.0 Å². The maximum absolute atomic E-state index is 12.5. The number of benzene rings is 2. The van der Waals surface area contributed by atoms with Crippen LogP contribution in [0.25, 0.3) is 0 Å². The predicted octanol–water partition coefficient (Wildman–Crippen LogP) is 2.53. The molecule has 2 aromatic carbocycles. The molecule has 0 aromatic heterocycles. The smallest absolute Gasteiger partial charge is 0.223 e. The number of para-hydroxylation sites is 1. The molecule has 1 aliphatic heterocycles. The van der Waals surface area contributed by atoms with E-state index in [4.69, 9.17) is 9.47 Å². The summed E-state index contributed by atoms with van der Waals surface area (Å²) in [7, 11) is 3.26. The van der Waals surface area contributed by atoms with Crippen molar-refractivity contribution in [2.24, 2.45) is 0 Å². The van der Waals surface area contributed by atoms with E-state index in [0.717, 1.165) is 37.5 Å². The van der Waals surface area contributed by atoms with Crippen LogP contribution in [0.15, 0.2) is 48.5 Å². The van der Waals surface area contributed by atoms with Crippen molar-refractivity contribution < 1.29 is 14.3 Å². The first-order valence-electron chi connectivity index (χ1n) is 9.70. The topological polar surface area (TPSA) is 54.0 Å². The quantitative estimate of drug-likeness (QED) is 0.710. The molecule has 3 rings (SSSR count). The van der Waals surface area contributed by atoms with Crippen LogP contribution in [0, 0.1) is 0 Å². The Morgan fingerprint density at radius 3 is 2.36 bits per heavy atom. The number of piperazine rings is 1. The van der Waals surface area contributed by atoms with Gasteiger partial charge in [-0.2, -0.15) is 0 Å². The third kappa shape index (κ3) is 5.16. The van der Waals surface area contributed by atoms with Crippen molar-refractivity contribution in [2.45, 2.75) is 13.0 Å². The minimum Gasteiger partial charge on any atom is -0.493 e. The number of carbonyl (C=O) groups is 1. The number of methoxy groups -OCH3 is 2. The number of anilines is 1. The summed E-state index contributed by atoms with van der Waals surface area (Å²) in [4.78, 5) is 16.8. The van der Waals surface area contributed by atoms with Crippen LogP contribution >= 0.6 is 0 Å². The molecule has 1 saturated heterocycles. The zero-order valence-electron chi connectivity index (χ0n) is 16.7. The lowest BCUT2D eigenvalue weighted by Crippen LogP contribution is -2.49. The fourth-order valence-corrected chi connectivity index (χ4v) is 3.43.